The Balaban J connectivity index is 1.76. The summed E-state index contributed by atoms with van der Waals surface area (Å²) in [4.78, 5) is 15.0. The maximum absolute atomic E-state index is 11.8. The smallest absolute Gasteiger partial charge is 0.321 e. The second kappa shape index (κ2) is 8.59. The number of aliphatic carboxylic acids is 1. The molecule has 2 aromatic carbocycles. The lowest BCUT2D eigenvalue weighted by molar-refractivity contribution is -0.139. The van der Waals surface area contributed by atoms with Crippen LogP contribution in [0, 0.1) is 0 Å². The highest BCUT2D eigenvalue weighted by molar-refractivity contribution is 9.10. The summed E-state index contributed by atoms with van der Waals surface area (Å²) in [6.07, 6.45) is 2.33. The molecule has 1 unspecified atom stereocenters. The van der Waals surface area contributed by atoms with E-state index in [0.29, 0.717) is 13.0 Å². The normalized spacial score (nSPS) is 12.4. The van der Waals surface area contributed by atoms with E-state index in [4.69, 9.17) is 4.74 Å². The van der Waals surface area contributed by atoms with E-state index in [9.17, 15) is 9.90 Å². The highest BCUT2D eigenvalue weighted by Gasteiger charge is 2.20. The van der Waals surface area contributed by atoms with Crippen LogP contribution in [0.2, 0.25) is 0 Å². The number of carboxylic acid groups (broad SMARTS) is 1. The molecule has 1 aromatic heterocycles. The molecule has 1 atom stereocenters. The molecule has 1 heterocycles. The summed E-state index contributed by atoms with van der Waals surface area (Å²) in [7, 11) is 0. The van der Waals surface area contributed by atoms with Gasteiger partial charge in [0.15, 0.2) is 0 Å². The molecule has 3 N–H and O–H groups in total. The average Bonchev–Trinajstić information content (AvgIpc) is 3.03. The largest absolute Gasteiger partial charge is 0.491 e. The Morgan fingerprint density at radius 1 is 1.22 bits per heavy atom. The predicted octanol–water partition coefficient (Wildman–Crippen LogP) is 4.50. The summed E-state index contributed by atoms with van der Waals surface area (Å²) >= 11 is 3.47. The Bertz CT molecular complexity index is 936. The van der Waals surface area contributed by atoms with E-state index < -0.39 is 12.0 Å². The predicted molar refractivity (Wildman–Crippen MR) is 110 cm³/mol. The second-order valence-corrected chi connectivity index (χ2v) is 7.67. The number of carbonyl (C=O) groups is 1. The van der Waals surface area contributed by atoms with Crippen LogP contribution in [0.5, 0.6) is 5.75 Å². The third kappa shape index (κ3) is 4.90. The fraction of sp³-hybridized carbons (Fsp3) is 0.286. The van der Waals surface area contributed by atoms with Gasteiger partial charge in [0.05, 0.1) is 6.10 Å². The summed E-state index contributed by atoms with van der Waals surface area (Å²) in [5.41, 5.74) is 2.91. The van der Waals surface area contributed by atoms with Gasteiger partial charge in [0, 0.05) is 40.1 Å². The van der Waals surface area contributed by atoms with Crippen molar-refractivity contribution in [2.45, 2.75) is 39.0 Å². The van der Waals surface area contributed by atoms with Crippen molar-refractivity contribution >= 4 is 32.8 Å². The van der Waals surface area contributed by atoms with Crippen molar-refractivity contribution in [3.05, 3.63) is 64.3 Å². The maximum Gasteiger partial charge on any atom is 0.321 e. The topological polar surface area (TPSA) is 74.3 Å². The average molecular weight is 431 g/mol. The zero-order valence-corrected chi connectivity index (χ0v) is 16.9. The van der Waals surface area contributed by atoms with E-state index in [-0.39, 0.29) is 6.10 Å². The maximum atomic E-state index is 11.8. The highest BCUT2D eigenvalue weighted by Crippen LogP contribution is 2.25. The van der Waals surface area contributed by atoms with E-state index in [2.05, 4.69) is 26.2 Å². The molecule has 5 nitrogen and oxygen atoms in total. The number of fused-ring (bicyclic) bond motifs is 1. The van der Waals surface area contributed by atoms with Gasteiger partial charge in [-0.1, -0.05) is 34.1 Å². The molecule has 0 aliphatic rings. The van der Waals surface area contributed by atoms with Crippen LogP contribution in [0.3, 0.4) is 0 Å². The first-order chi connectivity index (χ1) is 12.9. The summed E-state index contributed by atoms with van der Waals surface area (Å²) in [5, 5.41) is 13.9. The number of halogens is 1. The lowest BCUT2D eigenvalue weighted by Crippen LogP contribution is -2.38. The van der Waals surface area contributed by atoms with Crippen LogP contribution < -0.4 is 10.1 Å². The number of para-hydroxylation sites is 1. The van der Waals surface area contributed by atoms with E-state index in [0.717, 1.165) is 32.3 Å². The molecule has 0 spiro atoms. The first kappa shape index (κ1) is 19.5. The van der Waals surface area contributed by atoms with Crippen LogP contribution >= 0.6 is 15.9 Å². The molecule has 0 amide bonds. The second-order valence-electron chi connectivity index (χ2n) is 6.75. The summed E-state index contributed by atoms with van der Waals surface area (Å²) in [5.74, 6) is -0.112. The third-order valence-corrected chi connectivity index (χ3v) is 4.81. The van der Waals surface area contributed by atoms with Gasteiger partial charge in [0.1, 0.15) is 11.8 Å². The van der Waals surface area contributed by atoms with Crippen molar-refractivity contribution in [2.24, 2.45) is 0 Å². The van der Waals surface area contributed by atoms with Crippen LogP contribution in [-0.2, 0) is 17.8 Å². The van der Waals surface area contributed by atoms with Gasteiger partial charge in [-0.2, -0.15) is 0 Å². The number of benzene rings is 2. The molecule has 3 aromatic rings. The van der Waals surface area contributed by atoms with Crippen LogP contribution in [-0.4, -0.2) is 28.2 Å². The standard InChI is InChI=1S/C21H23BrN2O3/c1-13(2)27-20-8-7-16(22)9-15(20)12-24-19(21(25)26)10-14-11-23-18-6-4-3-5-17(14)18/h3-9,11,13,19,23-24H,10,12H2,1-2H3,(H,25,26). The third-order valence-electron chi connectivity index (χ3n) is 4.32. The van der Waals surface area contributed by atoms with Gasteiger partial charge in [0.2, 0.25) is 0 Å². The molecule has 0 fully saturated rings. The number of carboxylic acids is 1. The molecule has 0 radical (unpaired) electrons. The zero-order chi connectivity index (χ0) is 19.4. The lowest BCUT2D eigenvalue weighted by Gasteiger charge is -2.18. The number of aromatic amines is 1. The monoisotopic (exact) mass is 430 g/mol. The number of H-pyrrole nitrogens is 1. The van der Waals surface area contributed by atoms with Gasteiger partial charge in [-0.15, -0.1) is 0 Å². The minimum Gasteiger partial charge on any atom is -0.491 e. The molecule has 0 saturated heterocycles. The number of aromatic nitrogens is 1. The van der Waals surface area contributed by atoms with E-state index in [1.54, 1.807) is 0 Å². The van der Waals surface area contributed by atoms with E-state index in [1.807, 2.05) is 62.5 Å². The van der Waals surface area contributed by atoms with Crippen molar-refractivity contribution in [3.8, 4) is 5.75 Å². The molecule has 0 saturated carbocycles. The van der Waals surface area contributed by atoms with Crippen molar-refractivity contribution in [1.29, 1.82) is 0 Å². The minimum atomic E-state index is -0.874. The van der Waals surface area contributed by atoms with E-state index >= 15 is 0 Å². The number of rotatable bonds is 8. The fourth-order valence-corrected chi connectivity index (χ4v) is 3.46. The number of hydrogen-bond acceptors (Lipinski definition) is 3. The minimum absolute atomic E-state index is 0.0476. The van der Waals surface area contributed by atoms with Gasteiger partial charge >= 0.3 is 5.97 Å². The molecular formula is C21H23BrN2O3. The van der Waals surface area contributed by atoms with Crippen molar-refractivity contribution in [1.82, 2.24) is 10.3 Å². The molecule has 0 aliphatic carbocycles. The van der Waals surface area contributed by atoms with Crippen molar-refractivity contribution < 1.29 is 14.6 Å². The quantitative estimate of drug-likeness (QED) is 0.491. The van der Waals surface area contributed by atoms with Crippen molar-refractivity contribution in [3.63, 3.8) is 0 Å². The summed E-state index contributed by atoms with van der Waals surface area (Å²) < 4.78 is 6.77. The van der Waals surface area contributed by atoms with Gasteiger partial charge in [-0.25, -0.2) is 0 Å². The van der Waals surface area contributed by atoms with Crippen LogP contribution in [0.25, 0.3) is 10.9 Å². The number of ether oxygens (including phenoxy) is 1. The Hall–Kier alpha value is -2.31. The van der Waals surface area contributed by atoms with E-state index in [1.165, 1.54) is 0 Å². The van der Waals surface area contributed by atoms with Gasteiger partial charge in [-0.3, -0.25) is 10.1 Å². The van der Waals surface area contributed by atoms with Gasteiger partial charge in [0.25, 0.3) is 0 Å². The Labute approximate surface area is 166 Å². The van der Waals surface area contributed by atoms with Crippen LogP contribution in [0.1, 0.15) is 25.0 Å². The summed E-state index contributed by atoms with van der Waals surface area (Å²) in [6.45, 7) is 4.34. The first-order valence-electron chi connectivity index (χ1n) is 8.90. The van der Waals surface area contributed by atoms with Gasteiger partial charge in [-0.05, 0) is 43.7 Å². The van der Waals surface area contributed by atoms with Gasteiger partial charge < -0.3 is 14.8 Å². The van der Waals surface area contributed by atoms with Crippen LogP contribution in [0.4, 0.5) is 0 Å². The Morgan fingerprint density at radius 2 is 2.00 bits per heavy atom. The molecule has 6 heteroatoms. The molecule has 142 valence electrons. The Kier molecular flexibility index (Phi) is 6.19. The SMILES string of the molecule is CC(C)Oc1ccc(Br)cc1CNC(Cc1c[nH]c2ccccc12)C(=O)O. The fourth-order valence-electron chi connectivity index (χ4n) is 3.06. The molecular weight excluding hydrogens is 408 g/mol. The van der Waals surface area contributed by atoms with Crippen molar-refractivity contribution in [2.75, 3.05) is 0 Å². The molecule has 27 heavy (non-hydrogen) atoms. The highest BCUT2D eigenvalue weighted by atomic mass is 79.9. The summed E-state index contributed by atoms with van der Waals surface area (Å²) in [6, 6.07) is 13.0. The molecule has 0 bridgehead atoms. The zero-order valence-electron chi connectivity index (χ0n) is 15.3. The van der Waals surface area contributed by atoms with Crippen LogP contribution in [0.15, 0.2) is 53.1 Å². The number of hydrogen-bond donors (Lipinski definition) is 3. The lowest BCUT2D eigenvalue weighted by atomic mass is 10.0. The Morgan fingerprint density at radius 3 is 2.74 bits per heavy atom. The molecule has 0 aliphatic heterocycles. The number of nitrogens with one attached hydrogen (secondary N) is 2. The molecule has 3 rings (SSSR count). The first-order valence-corrected chi connectivity index (χ1v) is 9.69.